The van der Waals surface area contributed by atoms with Crippen molar-refractivity contribution in [3.05, 3.63) is 99.3 Å². The maximum atomic E-state index is 15.7. The van der Waals surface area contributed by atoms with E-state index in [1.807, 2.05) is 32.6 Å². The Morgan fingerprint density at radius 1 is 0.825 bits per heavy atom. The first kappa shape index (κ1) is 43.3. The van der Waals surface area contributed by atoms with Crippen molar-refractivity contribution in [2.24, 2.45) is 16.7 Å². The van der Waals surface area contributed by atoms with E-state index in [1.54, 1.807) is 36.4 Å². The zero-order chi connectivity index (χ0) is 44.8. The molecule has 1 aromatic heterocycles. The molecule has 0 unspecified atom stereocenters. The number of anilines is 2. The lowest BCUT2D eigenvalue weighted by atomic mass is 9.49. The molecule has 4 N–H and O–H groups in total. The fourth-order valence-electron chi connectivity index (χ4n) is 10.3. The summed E-state index contributed by atoms with van der Waals surface area (Å²) in [5.41, 5.74) is 0.606. The van der Waals surface area contributed by atoms with E-state index in [-0.39, 0.29) is 47.6 Å². The summed E-state index contributed by atoms with van der Waals surface area (Å²) in [4.78, 5) is 71.1. The number of nitrogens with zero attached hydrogens (tertiary/aromatic N) is 4. The number of aromatic amines is 1. The summed E-state index contributed by atoms with van der Waals surface area (Å²) in [5, 5.41) is 18.0. The van der Waals surface area contributed by atoms with Gasteiger partial charge in [-0.15, -0.1) is 0 Å². The molecule has 14 nitrogen and oxygen atoms in total. The number of hydrogen-bond donors (Lipinski definition) is 4. The number of benzene rings is 3. The van der Waals surface area contributed by atoms with E-state index in [9.17, 15) is 29.2 Å². The predicted molar refractivity (Wildman–Crippen MR) is 233 cm³/mol. The Hall–Kier alpha value is -6.34. The van der Waals surface area contributed by atoms with Crippen LogP contribution >= 0.6 is 0 Å². The van der Waals surface area contributed by atoms with Crippen LogP contribution in [0.5, 0.6) is 5.75 Å². The molecular weight excluding hydrogens is 811 g/mol. The number of nitriles is 1. The number of piperazine rings is 1. The van der Waals surface area contributed by atoms with Gasteiger partial charge in [0.25, 0.3) is 11.8 Å². The maximum absolute atomic E-state index is 15.7. The van der Waals surface area contributed by atoms with E-state index in [1.165, 1.54) is 24.3 Å². The zero-order valence-electron chi connectivity index (χ0n) is 35.9. The van der Waals surface area contributed by atoms with Gasteiger partial charge in [-0.2, -0.15) is 5.26 Å². The standard InChI is InChI=1S/C47H52F2N8O6/c1-46(2)44(47(3,4)45(46)63-37-12-6-29(25-50)40-32(37)9-13-38(58)52-40)54-41(60)28-5-11-36(34(49)23-28)57-17-15-27(16-18-57)26-55-19-21-56(22-20-55)30-7-8-31(33(48)24-30)42(61)51-35-10-14-39(59)53-43(35)62/h5-9,11-13,23-24,27,35,44-45H,10,14-22,26H2,1-4H3,(H,51,61)(H,52,58)(H,54,60)(H,53,59,62)/t35-,44?,45?/m0/s1. The number of H-pyrrole nitrogens is 1. The molecule has 0 bridgehead atoms. The number of carbonyl (C=O) groups excluding carboxylic acids is 4. The minimum Gasteiger partial charge on any atom is -0.488 e. The number of halogens is 2. The van der Waals surface area contributed by atoms with Crippen LogP contribution in [-0.2, 0) is 9.59 Å². The average Bonchev–Trinajstić information content (AvgIpc) is 3.25. The van der Waals surface area contributed by atoms with E-state index in [4.69, 9.17) is 4.74 Å². The molecule has 330 valence electrons. The van der Waals surface area contributed by atoms with Crippen LogP contribution in [-0.4, -0.2) is 97.5 Å². The molecule has 1 atom stereocenters. The quantitative estimate of drug-likeness (QED) is 0.161. The number of imide groups is 1. The smallest absolute Gasteiger partial charge is 0.254 e. The first-order valence-corrected chi connectivity index (χ1v) is 21.5. The summed E-state index contributed by atoms with van der Waals surface area (Å²) in [6.45, 7) is 13.3. The molecule has 8 rings (SSSR count). The Morgan fingerprint density at radius 2 is 1.56 bits per heavy atom. The van der Waals surface area contributed by atoms with Crippen LogP contribution in [0.1, 0.15) is 79.7 Å². The van der Waals surface area contributed by atoms with Gasteiger partial charge in [0.1, 0.15) is 35.6 Å². The minimum atomic E-state index is -0.887. The van der Waals surface area contributed by atoms with Gasteiger partial charge in [-0.1, -0.05) is 27.7 Å². The highest BCUT2D eigenvalue weighted by Gasteiger charge is 2.64. The van der Waals surface area contributed by atoms with E-state index < -0.39 is 46.2 Å². The van der Waals surface area contributed by atoms with Gasteiger partial charge in [0.2, 0.25) is 17.4 Å². The van der Waals surface area contributed by atoms with E-state index in [0.29, 0.717) is 65.7 Å². The molecule has 1 saturated carbocycles. The minimum absolute atomic E-state index is 0.107. The van der Waals surface area contributed by atoms with Crippen LogP contribution in [0.25, 0.3) is 10.9 Å². The fourth-order valence-corrected chi connectivity index (χ4v) is 10.3. The van der Waals surface area contributed by atoms with E-state index in [0.717, 1.165) is 32.5 Å². The summed E-state index contributed by atoms with van der Waals surface area (Å²) < 4.78 is 37.4. The lowest BCUT2D eigenvalue weighted by Crippen LogP contribution is -2.74. The van der Waals surface area contributed by atoms with Crippen LogP contribution in [0.15, 0.2) is 65.5 Å². The van der Waals surface area contributed by atoms with Gasteiger partial charge in [0.05, 0.1) is 22.3 Å². The van der Waals surface area contributed by atoms with Crippen LogP contribution in [0.2, 0.25) is 0 Å². The number of amides is 4. The number of carbonyl (C=O) groups is 4. The SMILES string of the molecule is CC1(C)C(NC(=O)c2ccc(N3CCC(CN4CCN(c5ccc(C(=O)N[C@H]6CCC(=O)NC6=O)c(F)c5)CC4)CC3)c(F)c2)C(C)(C)C1Oc1ccc(C#N)c2[nH]c(=O)ccc12. The van der Waals surface area contributed by atoms with Crippen molar-refractivity contribution in [3.63, 3.8) is 0 Å². The average molecular weight is 863 g/mol. The van der Waals surface area contributed by atoms with Gasteiger partial charge in [0, 0.05) is 91.8 Å². The molecule has 1 aliphatic carbocycles. The molecule has 4 fully saturated rings. The number of aromatic nitrogens is 1. The molecule has 3 saturated heterocycles. The number of pyridine rings is 1. The van der Waals surface area contributed by atoms with Crippen LogP contribution in [0, 0.1) is 39.7 Å². The van der Waals surface area contributed by atoms with Crippen molar-refractivity contribution in [2.45, 2.75) is 71.6 Å². The highest BCUT2D eigenvalue weighted by atomic mass is 19.1. The fraction of sp³-hybridized carbons (Fsp3) is 0.447. The Bertz CT molecular complexity index is 2560. The summed E-state index contributed by atoms with van der Waals surface area (Å²) in [6.07, 6.45) is 1.72. The summed E-state index contributed by atoms with van der Waals surface area (Å²) >= 11 is 0. The second-order valence-electron chi connectivity index (χ2n) is 18.4. The number of piperidine rings is 2. The molecule has 0 radical (unpaired) electrons. The Morgan fingerprint density at radius 3 is 2.22 bits per heavy atom. The summed E-state index contributed by atoms with van der Waals surface area (Å²) in [6, 6.07) is 16.4. The molecule has 16 heteroatoms. The Labute approximate surface area is 363 Å². The van der Waals surface area contributed by atoms with Gasteiger partial charge >= 0.3 is 0 Å². The lowest BCUT2D eigenvalue weighted by molar-refractivity contribution is -0.163. The third-order valence-corrected chi connectivity index (χ3v) is 13.5. The topological polar surface area (TPSA) is 180 Å². The van der Waals surface area contributed by atoms with Crippen LogP contribution in [0.4, 0.5) is 20.2 Å². The predicted octanol–water partition coefficient (Wildman–Crippen LogP) is 4.86. The first-order valence-electron chi connectivity index (χ1n) is 21.5. The van der Waals surface area contributed by atoms with Crippen molar-refractivity contribution in [2.75, 3.05) is 55.6 Å². The van der Waals surface area contributed by atoms with Crippen molar-refractivity contribution in [3.8, 4) is 11.8 Å². The number of ether oxygens (including phenoxy) is 1. The van der Waals surface area contributed by atoms with Gasteiger partial charge in [-0.3, -0.25) is 34.2 Å². The summed E-state index contributed by atoms with van der Waals surface area (Å²) in [5.74, 6) is -2.24. The Balaban J connectivity index is 0.803. The van der Waals surface area contributed by atoms with Crippen molar-refractivity contribution >= 4 is 45.9 Å². The first-order chi connectivity index (χ1) is 30.0. The number of fused-ring (bicyclic) bond motifs is 1. The molecule has 4 aromatic rings. The molecule has 63 heavy (non-hydrogen) atoms. The molecule has 3 aliphatic heterocycles. The van der Waals surface area contributed by atoms with Crippen LogP contribution in [0.3, 0.4) is 0 Å². The molecule has 3 aromatic carbocycles. The van der Waals surface area contributed by atoms with Crippen molar-refractivity contribution in [1.82, 2.24) is 25.8 Å². The van der Waals surface area contributed by atoms with Gasteiger partial charge < -0.3 is 30.2 Å². The third kappa shape index (κ3) is 8.58. The van der Waals surface area contributed by atoms with Crippen molar-refractivity contribution < 1.29 is 32.7 Å². The molecular formula is C47H52F2N8O6. The zero-order valence-corrected chi connectivity index (χ0v) is 35.9. The Kier molecular flexibility index (Phi) is 11.7. The van der Waals surface area contributed by atoms with E-state index in [2.05, 4.69) is 36.8 Å². The van der Waals surface area contributed by atoms with Gasteiger partial charge in [-0.25, -0.2) is 8.78 Å². The molecule has 4 aliphatic rings. The molecule has 4 heterocycles. The largest absolute Gasteiger partial charge is 0.488 e. The molecule has 0 spiro atoms. The summed E-state index contributed by atoms with van der Waals surface area (Å²) in [7, 11) is 0. The number of nitrogens with one attached hydrogen (secondary N) is 4. The second kappa shape index (κ2) is 17.1. The number of hydrogen-bond acceptors (Lipinski definition) is 10. The third-order valence-electron chi connectivity index (χ3n) is 13.5. The van der Waals surface area contributed by atoms with Gasteiger partial charge in [0.15, 0.2) is 0 Å². The maximum Gasteiger partial charge on any atom is 0.254 e. The lowest BCUT2D eigenvalue weighted by Gasteiger charge is -2.63. The normalized spacial score (nSPS) is 22.5. The molecule has 4 amide bonds. The van der Waals surface area contributed by atoms with Crippen LogP contribution < -0.4 is 36.0 Å². The number of rotatable bonds is 10. The second-order valence-corrected chi connectivity index (χ2v) is 18.4. The monoisotopic (exact) mass is 862 g/mol. The van der Waals surface area contributed by atoms with E-state index >= 15 is 8.78 Å². The highest BCUT2D eigenvalue weighted by molar-refractivity contribution is 6.04. The van der Waals surface area contributed by atoms with Crippen molar-refractivity contribution in [1.29, 1.82) is 5.26 Å². The van der Waals surface area contributed by atoms with Gasteiger partial charge in [-0.05, 0) is 79.8 Å². The highest BCUT2D eigenvalue weighted by Crippen LogP contribution is 2.56.